The standard InChI is InChI=1S/C24H32O/c1-19(2)10-8-11-20(3)16-17-25-24-15-9-14-23(18-24)21(4)22-12-6-5-7-13-22/h5-7,9,12-15,18-20H,4,8,10-11,16-17H2,1-3H3. The van der Waals surface area contributed by atoms with Crippen molar-refractivity contribution < 1.29 is 4.74 Å². The van der Waals surface area contributed by atoms with Gasteiger partial charge in [-0.05, 0) is 47.1 Å². The van der Waals surface area contributed by atoms with Crippen LogP contribution in [0.4, 0.5) is 0 Å². The summed E-state index contributed by atoms with van der Waals surface area (Å²) in [4.78, 5) is 0. The van der Waals surface area contributed by atoms with E-state index >= 15 is 0 Å². The third-order valence-electron chi connectivity index (χ3n) is 4.66. The molecular weight excluding hydrogens is 304 g/mol. The molecule has 0 saturated heterocycles. The van der Waals surface area contributed by atoms with Crippen LogP contribution in [0.2, 0.25) is 0 Å². The normalized spacial score (nSPS) is 12.2. The van der Waals surface area contributed by atoms with Gasteiger partial charge in [-0.15, -0.1) is 0 Å². The fourth-order valence-corrected chi connectivity index (χ4v) is 2.98. The van der Waals surface area contributed by atoms with E-state index in [1.54, 1.807) is 0 Å². The minimum absolute atomic E-state index is 0.723. The molecule has 1 unspecified atom stereocenters. The van der Waals surface area contributed by atoms with Gasteiger partial charge >= 0.3 is 0 Å². The van der Waals surface area contributed by atoms with Gasteiger partial charge in [-0.25, -0.2) is 0 Å². The summed E-state index contributed by atoms with van der Waals surface area (Å²) in [5.74, 6) is 2.47. The van der Waals surface area contributed by atoms with Crippen LogP contribution in [0.15, 0.2) is 61.2 Å². The molecule has 2 aromatic rings. The maximum atomic E-state index is 5.99. The SMILES string of the molecule is C=C(c1ccccc1)c1cccc(OCCC(C)CCCC(C)C)c1. The molecular formula is C24H32O. The summed E-state index contributed by atoms with van der Waals surface area (Å²) in [5, 5.41) is 0. The highest BCUT2D eigenvalue weighted by Crippen LogP contribution is 2.25. The Bertz CT molecular complexity index is 642. The van der Waals surface area contributed by atoms with Crippen molar-refractivity contribution in [1.82, 2.24) is 0 Å². The lowest BCUT2D eigenvalue weighted by molar-refractivity contribution is 0.275. The van der Waals surface area contributed by atoms with Crippen molar-refractivity contribution >= 4 is 5.57 Å². The number of rotatable bonds is 10. The molecule has 1 heteroatoms. The van der Waals surface area contributed by atoms with Gasteiger partial charge in [0.2, 0.25) is 0 Å². The Morgan fingerprint density at radius 2 is 1.60 bits per heavy atom. The van der Waals surface area contributed by atoms with E-state index in [2.05, 4.69) is 51.6 Å². The second kappa shape index (κ2) is 10.1. The van der Waals surface area contributed by atoms with E-state index < -0.39 is 0 Å². The first kappa shape index (κ1) is 19.3. The molecule has 0 amide bonds. The first-order chi connectivity index (χ1) is 12.1. The van der Waals surface area contributed by atoms with Gasteiger partial charge in [-0.2, -0.15) is 0 Å². The highest BCUT2D eigenvalue weighted by atomic mass is 16.5. The zero-order valence-electron chi connectivity index (χ0n) is 16.0. The lowest BCUT2D eigenvalue weighted by Gasteiger charge is -2.14. The molecule has 1 atom stereocenters. The van der Waals surface area contributed by atoms with Crippen molar-refractivity contribution in [2.75, 3.05) is 6.61 Å². The van der Waals surface area contributed by atoms with Crippen LogP contribution in [0.1, 0.15) is 57.6 Å². The molecule has 0 N–H and O–H groups in total. The molecule has 1 nitrogen and oxygen atoms in total. The largest absolute Gasteiger partial charge is 0.494 e. The van der Waals surface area contributed by atoms with Gasteiger partial charge < -0.3 is 4.74 Å². The molecule has 2 aromatic carbocycles. The molecule has 2 rings (SSSR count). The highest BCUT2D eigenvalue weighted by molar-refractivity contribution is 5.78. The first-order valence-corrected chi connectivity index (χ1v) is 9.54. The Kier molecular flexibility index (Phi) is 7.78. The predicted molar refractivity (Wildman–Crippen MR) is 109 cm³/mol. The van der Waals surface area contributed by atoms with Crippen LogP contribution in [0.5, 0.6) is 5.75 Å². The lowest BCUT2D eigenvalue weighted by atomic mass is 9.97. The van der Waals surface area contributed by atoms with Crippen LogP contribution in [0.3, 0.4) is 0 Å². The number of hydrogen-bond donors (Lipinski definition) is 0. The van der Waals surface area contributed by atoms with Crippen LogP contribution < -0.4 is 4.74 Å². The van der Waals surface area contributed by atoms with Gasteiger partial charge in [0.15, 0.2) is 0 Å². The zero-order valence-corrected chi connectivity index (χ0v) is 16.0. The number of hydrogen-bond acceptors (Lipinski definition) is 1. The monoisotopic (exact) mass is 336 g/mol. The molecule has 0 spiro atoms. The van der Waals surface area contributed by atoms with Gasteiger partial charge in [0.1, 0.15) is 5.75 Å². The molecule has 0 saturated carbocycles. The van der Waals surface area contributed by atoms with E-state index in [1.165, 1.54) is 19.3 Å². The van der Waals surface area contributed by atoms with E-state index in [0.29, 0.717) is 0 Å². The Balaban J connectivity index is 1.82. The van der Waals surface area contributed by atoms with Gasteiger partial charge in [-0.1, -0.05) is 89.1 Å². The van der Waals surface area contributed by atoms with E-state index in [-0.39, 0.29) is 0 Å². The van der Waals surface area contributed by atoms with Crippen molar-refractivity contribution in [2.24, 2.45) is 11.8 Å². The second-order valence-corrected chi connectivity index (χ2v) is 7.44. The topological polar surface area (TPSA) is 9.23 Å². The molecule has 0 aromatic heterocycles. The van der Waals surface area contributed by atoms with Crippen molar-refractivity contribution in [2.45, 2.75) is 46.5 Å². The van der Waals surface area contributed by atoms with Gasteiger partial charge in [0.25, 0.3) is 0 Å². The molecule has 0 radical (unpaired) electrons. The van der Waals surface area contributed by atoms with Crippen molar-refractivity contribution in [1.29, 1.82) is 0 Å². The molecule has 0 aliphatic heterocycles. The summed E-state index contributed by atoms with van der Waals surface area (Å²) in [5.41, 5.74) is 3.31. The number of benzene rings is 2. The average Bonchev–Trinajstić information content (AvgIpc) is 2.62. The summed E-state index contributed by atoms with van der Waals surface area (Å²) in [6, 6.07) is 18.6. The summed E-state index contributed by atoms with van der Waals surface area (Å²) < 4.78 is 5.99. The molecule has 134 valence electrons. The Morgan fingerprint density at radius 1 is 0.880 bits per heavy atom. The van der Waals surface area contributed by atoms with Crippen molar-refractivity contribution in [3.05, 3.63) is 72.3 Å². The maximum absolute atomic E-state index is 5.99. The minimum Gasteiger partial charge on any atom is -0.494 e. The maximum Gasteiger partial charge on any atom is 0.119 e. The molecule has 0 aliphatic rings. The smallest absolute Gasteiger partial charge is 0.119 e. The molecule has 0 bridgehead atoms. The summed E-state index contributed by atoms with van der Waals surface area (Å²) in [6.07, 6.45) is 5.06. The van der Waals surface area contributed by atoms with Crippen LogP contribution in [0, 0.1) is 11.8 Å². The fraction of sp³-hybridized carbons (Fsp3) is 0.417. The van der Waals surface area contributed by atoms with E-state index in [0.717, 1.165) is 47.3 Å². The quantitative estimate of drug-likeness (QED) is 0.455. The van der Waals surface area contributed by atoms with E-state index in [1.807, 2.05) is 30.3 Å². The fourth-order valence-electron chi connectivity index (χ4n) is 2.98. The van der Waals surface area contributed by atoms with Gasteiger partial charge in [0, 0.05) is 0 Å². The van der Waals surface area contributed by atoms with Crippen LogP contribution in [-0.4, -0.2) is 6.61 Å². The highest BCUT2D eigenvalue weighted by Gasteiger charge is 2.06. The van der Waals surface area contributed by atoms with E-state index in [4.69, 9.17) is 4.74 Å². The minimum atomic E-state index is 0.723. The average molecular weight is 337 g/mol. The first-order valence-electron chi connectivity index (χ1n) is 9.54. The van der Waals surface area contributed by atoms with Crippen LogP contribution >= 0.6 is 0 Å². The molecule has 0 aliphatic carbocycles. The van der Waals surface area contributed by atoms with Gasteiger partial charge in [-0.3, -0.25) is 0 Å². The Hall–Kier alpha value is -2.02. The van der Waals surface area contributed by atoms with Crippen LogP contribution in [0.25, 0.3) is 5.57 Å². The van der Waals surface area contributed by atoms with Crippen molar-refractivity contribution in [3.8, 4) is 5.75 Å². The third kappa shape index (κ3) is 6.78. The summed E-state index contributed by atoms with van der Waals surface area (Å²) >= 11 is 0. The summed E-state index contributed by atoms with van der Waals surface area (Å²) in [7, 11) is 0. The van der Waals surface area contributed by atoms with E-state index in [9.17, 15) is 0 Å². The second-order valence-electron chi connectivity index (χ2n) is 7.44. The third-order valence-corrected chi connectivity index (χ3v) is 4.66. The van der Waals surface area contributed by atoms with Gasteiger partial charge in [0.05, 0.1) is 6.61 Å². The lowest BCUT2D eigenvalue weighted by Crippen LogP contribution is -2.05. The number of ether oxygens (including phenoxy) is 1. The van der Waals surface area contributed by atoms with Crippen molar-refractivity contribution in [3.63, 3.8) is 0 Å². The molecule has 0 fully saturated rings. The molecule has 0 heterocycles. The molecule has 25 heavy (non-hydrogen) atoms. The Labute approximate surface area is 153 Å². The van der Waals surface area contributed by atoms with Crippen LogP contribution in [-0.2, 0) is 0 Å². The Morgan fingerprint density at radius 3 is 2.32 bits per heavy atom. The summed E-state index contributed by atoms with van der Waals surface area (Å²) in [6.45, 7) is 11.9. The zero-order chi connectivity index (χ0) is 18.1. The predicted octanol–water partition coefficient (Wildman–Crippen LogP) is 6.98.